The third kappa shape index (κ3) is 1.18. The third-order valence-electron chi connectivity index (χ3n) is 2.64. The number of hydrogen-bond donors (Lipinski definition) is 0. The van der Waals surface area contributed by atoms with Crippen molar-refractivity contribution in [2.75, 3.05) is 7.11 Å². The smallest absolute Gasteiger partial charge is 0.326 e. The van der Waals surface area contributed by atoms with Gasteiger partial charge in [0.1, 0.15) is 0 Å². The summed E-state index contributed by atoms with van der Waals surface area (Å²) in [6.45, 7) is 2.07. The van der Waals surface area contributed by atoms with E-state index in [9.17, 15) is 4.79 Å². The van der Waals surface area contributed by atoms with E-state index in [2.05, 4.69) is 17.7 Å². The lowest BCUT2D eigenvalue weighted by molar-refractivity contribution is -0.156. The van der Waals surface area contributed by atoms with Crippen molar-refractivity contribution in [1.29, 1.82) is 5.26 Å². The zero-order valence-electron chi connectivity index (χ0n) is 7.46. The second-order valence-electron chi connectivity index (χ2n) is 3.37. The first-order chi connectivity index (χ1) is 5.68. The van der Waals surface area contributed by atoms with Crippen molar-refractivity contribution in [3.05, 3.63) is 0 Å². The minimum absolute atomic E-state index is 0.366. The number of esters is 1. The highest BCUT2D eigenvalue weighted by Crippen LogP contribution is 2.47. The van der Waals surface area contributed by atoms with E-state index < -0.39 is 5.41 Å². The van der Waals surface area contributed by atoms with E-state index in [0.29, 0.717) is 18.8 Å². The minimum Gasteiger partial charge on any atom is -0.468 e. The van der Waals surface area contributed by atoms with Gasteiger partial charge in [-0.05, 0) is 18.8 Å². The summed E-state index contributed by atoms with van der Waals surface area (Å²) >= 11 is 0. The lowest BCUT2D eigenvalue weighted by atomic mass is 9.62. The van der Waals surface area contributed by atoms with Crippen LogP contribution in [0.25, 0.3) is 0 Å². The van der Waals surface area contributed by atoms with Crippen molar-refractivity contribution in [2.24, 2.45) is 11.3 Å². The highest BCUT2D eigenvalue weighted by molar-refractivity contribution is 5.81. The quantitative estimate of drug-likeness (QED) is 0.585. The maximum atomic E-state index is 11.2. The molecule has 12 heavy (non-hydrogen) atoms. The number of hydrogen-bond acceptors (Lipinski definition) is 3. The van der Waals surface area contributed by atoms with Crippen LogP contribution in [0.3, 0.4) is 0 Å². The topological polar surface area (TPSA) is 50.1 Å². The van der Waals surface area contributed by atoms with Gasteiger partial charge in [-0.2, -0.15) is 5.26 Å². The first-order valence-corrected chi connectivity index (χ1v) is 4.18. The molecule has 3 heteroatoms. The van der Waals surface area contributed by atoms with E-state index in [4.69, 9.17) is 5.26 Å². The lowest BCUT2D eigenvalue weighted by Gasteiger charge is -2.39. The molecule has 0 radical (unpaired) electrons. The Labute approximate surface area is 72.3 Å². The highest BCUT2D eigenvalue weighted by atomic mass is 16.5. The van der Waals surface area contributed by atoms with Gasteiger partial charge in [0.15, 0.2) is 5.41 Å². The molecule has 1 aliphatic carbocycles. The number of methoxy groups -OCH3 is 1. The van der Waals surface area contributed by atoms with Crippen molar-refractivity contribution in [3.8, 4) is 6.07 Å². The van der Waals surface area contributed by atoms with Gasteiger partial charge >= 0.3 is 5.97 Å². The zero-order valence-corrected chi connectivity index (χ0v) is 7.46. The molecule has 0 aliphatic heterocycles. The largest absolute Gasteiger partial charge is 0.468 e. The SMILES string of the molecule is CCC1CC(C#N)(C(=O)OC)C1. The predicted molar refractivity (Wildman–Crippen MR) is 43.1 cm³/mol. The van der Waals surface area contributed by atoms with Crippen LogP contribution in [0.2, 0.25) is 0 Å². The zero-order chi connectivity index (χ0) is 9.19. The fourth-order valence-electron chi connectivity index (χ4n) is 1.71. The van der Waals surface area contributed by atoms with Crippen LogP contribution in [0.5, 0.6) is 0 Å². The summed E-state index contributed by atoms with van der Waals surface area (Å²) < 4.78 is 4.58. The molecule has 1 fully saturated rings. The first kappa shape index (κ1) is 9.05. The van der Waals surface area contributed by atoms with E-state index in [1.54, 1.807) is 0 Å². The molecule has 1 aliphatic rings. The normalized spacial score (nSPS) is 33.2. The fraction of sp³-hybridized carbons (Fsp3) is 0.778. The molecular weight excluding hydrogens is 154 g/mol. The summed E-state index contributed by atoms with van der Waals surface area (Å²) in [5.41, 5.74) is -0.810. The van der Waals surface area contributed by atoms with Crippen LogP contribution in [-0.4, -0.2) is 13.1 Å². The Morgan fingerprint density at radius 1 is 1.75 bits per heavy atom. The standard InChI is InChI=1S/C9H13NO2/c1-3-7-4-9(5-7,6-10)8(11)12-2/h7H,3-5H2,1-2H3. The summed E-state index contributed by atoms with van der Waals surface area (Å²) in [6.07, 6.45) is 2.39. The molecule has 0 aromatic heterocycles. The third-order valence-corrected chi connectivity index (χ3v) is 2.64. The molecule has 0 aromatic rings. The van der Waals surface area contributed by atoms with E-state index in [1.807, 2.05) is 0 Å². The predicted octanol–water partition coefficient (Wildman–Crippen LogP) is 1.49. The van der Waals surface area contributed by atoms with Gasteiger partial charge < -0.3 is 4.74 Å². The highest BCUT2D eigenvalue weighted by Gasteiger charge is 2.50. The van der Waals surface area contributed by atoms with Gasteiger partial charge in [0.05, 0.1) is 13.2 Å². The lowest BCUT2D eigenvalue weighted by Crippen LogP contribution is -2.43. The van der Waals surface area contributed by atoms with Gasteiger partial charge in [-0.3, -0.25) is 4.79 Å². The number of ether oxygens (including phenoxy) is 1. The molecule has 1 rings (SSSR count). The van der Waals surface area contributed by atoms with Crippen molar-refractivity contribution >= 4 is 5.97 Å². The number of nitrogens with zero attached hydrogens (tertiary/aromatic N) is 1. The molecule has 0 N–H and O–H groups in total. The molecule has 3 nitrogen and oxygen atoms in total. The van der Waals surface area contributed by atoms with Gasteiger partial charge in [-0.1, -0.05) is 13.3 Å². The molecule has 0 bridgehead atoms. The number of nitriles is 1. The molecular formula is C9H13NO2. The van der Waals surface area contributed by atoms with Gasteiger partial charge in [0, 0.05) is 0 Å². The van der Waals surface area contributed by atoms with Crippen LogP contribution in [0.4, 0.5) is 0 Å². The van der Waals surface area contributed by atoms with Gasteiger partial charge in [0.2, 0.25) is 0 Å². The van der Waals surface area contributed by atoms with Gasteiger partial charge in [0.25, 0.3) is 0 Å². The summed E-state index contributed by atoms with van der Waals surface area (Å²) in [5, 5.41) is 8.80. The Morgan fingerprint density at radius 3 is 2.67 bits per heavy atom. The number of rotatable bonds is 2. The Kier molecular flexibility index (Phi) is 2.37. The molecule has 0 aromatic carbocycles. The fourth-order valence-corrected chi connectivity index (χ4v) is 1.71. The minimum atomic E-state index is -0.810. The molecule has 0 unspecified atom stereocenters. The van der Waals surface area contributed by atoms with Gasteiger partial charge in [-0.15, -0.1) is 0 Å². The molecule has 0 saturated heterocycles. The molecule has 0 heterocycles. The maximum Gasteiger partial charge on any atom is 0.326 e. The van der Waals surface area contributed by atoms with Crippen molar-refractivity contribution in [1.82, 2.24) is 0 Å². The maximum absolute atomic E-state index is 11.2. The van der Waals surface area contributed by atoms with Crippen LogP contribution in [0.1, 0.15) is 26.2 Å². The average Bonchev–Trinajstić information content (AvgIpc) is 2.04. The Morgan fingerprint density at radius 2 is 2.33 bits per heavy atom. The van der Waals surface area contributed by atoms with Crippen molar-refractivity contribution < 1.29 is 9.53 Å². The molecule has 66 valence electrons. The van der Waals surface area contributed by atoms with Crippen LogP contribution in [-0.2, 0) is 9.53 Å². The van der Waals surface area contributed by atoms with E-state index in [1.165, 1.54) is 7.11 Å². The van der Waals surface area contributed by atoms with Crippen molar-refractivity contribution in [3.63, 3.8) is 0 Å². The van der Waals surface area contributed by atoms with Crippen LogP contribution < -0.4 is 0 Å². The summed E-state index contributed by atoms with van der Waals surface area (Å²) in [7, 11) is 1.33. The molecule has 1 saturated carbocycles. The van der Waals surface area contributed by atoms with Crippen LogP contribution >= 0.6 is 0 Å². The van der Waals surface area contributed by atoms with Crippen LogP contribution in [0, 0.1) is 22.7 Å². The monoisotopic (exact) mass is 167 g/mol. The first-order valence-electron chi connectivity index (χ1n) is 4.18. The molecule has 0 atom stereocenters. The molecule has 0 amide bonds. The second kappa shape index (κ2) is 3.14. The van der Waals surface area contributed by atoms with E-state index in [0.717, 1.165) is 6.42 Å². The number of carbonyl (C=O) groups excluding carboxylic acids is 1. The van der Waals surface area contributed by atoms with E-state index >= 15 is 0 Å². The molecule has 0 spiro atoms. The average molecular weight is 167 g/mol. The van der Waals surface area contributed by atoms with Crippen LogP contribution in [0.15, 0.2) is 0 Å². The Hall–Kier alpha value is -1.04. The summed E-state index contributed by atoms with van der Waals surface area (Å²) in [4.78, 5) is 11.2. The summed E-state index contributed by atoms with van der Waals surface area (Å²) in [6, 6.07) is 2.06. The summed E-state index contributed by atoms with van der Waals surface area (Å²) in [5.74, 6) is 0.165. The Bertz CT molecular complexity index is 223. The van der Waals surface area contributed by atoms with Crippen molar-refractivity contribution in [2.45, 2.75) is 26.2 Å². The van der Waals surface area contributed by atoms with Gasteiger partial charge in [-0.25, -0.2) is 0 Å². The number of carbonyl (C=O) groups is 1. The second-order valence-corrected chi connectivity index (χ2v) is 3.37. The van der Waals surface area contributed by atoms with E-state index in [-0.39, 0.29) is 5.97 Å². The Balaban J connectivity index is 2.60.